The lowest BCUT2D eigenvalue weighted by Crippen LogP contribution is -2.44. The smallest absolute Gasteiger partial charge is 0.242 e. The van der Waals surface area contributed by atoms with Crippen LogP contribution >= 0.6 is 0 Å². The van der Waals surface area contributed by atoms with Gasteiger partial charge in [-0.1, -0.05) is 31.4 Å². The zero-order valence-electron chi connectivity index (χ0n) is 14.1. The molecule has 0 aromatic heterocycles. The Bertz CT molecular complexity index is 503. The van der Waals surface area contributed by atoms with E-state index in [0.29, 0.717) is 6.04 Å². The first-order valence-electron chi connectivity index (χ1n) is 8.96. The molecule has 1 aromatic rings. The molecule has 2 fully saturated rings. The minimum Gasteiger partial charge on any atom is -0.497 e. The maximum atomic E-state index is 13.0. The molecular formula is C19H28N2O2. The van der Waals surface area contributed by atoms with E-state index in [0.717, 1.165) is 37.2 Å². The maximum Gasteiger partial charge on any atom is 0.242 e. The molecule has 1 atom stereocenters. The molecule has 1 saturated heterocycles. The van der Waals surface area contributed by atoms with Crippen LogP contribution in [0, 0.1) is 0 Å². The van der Waals surface area contributed by atoms with Crippen molar-refractivity contribution in [1.29, 1.82) is 0 Å². The molecule has 1 unspecified atom stereocenters. The standard InChI is InChI=1S/C19H28N2O2/c1-23-17-11-9-15(10-12-17)18(21-13-5-6-14-21)19(22)20-16-7-3-2-4-8-16/h9-12,16,18H,2-8,13-14H2,1H3,(H,20,22). The van der Waals surface area contributed by atoms with Crippen LogP contribution in [0.3, 0.4) is 0 Å². The van der Waals surface area contributed by atoms with Gasteiger partial charge in [0.25, 0.3) is 0 Å². The van der Waals surface area contributed by atoms with Crippen LogP contribution in [0.2, 0.25) is 0 Å². The molecule has 1 saturated carbocycles. The van der Waals surface area contributed by atoms with Crippen LogP contribution in [0.15, 0.2) is 24.3 Å². The molecule has 3 rings (SSSR count). The van der Waals surface area contributed by atoms with Crippen molar-refractivity contribution in [3.05, 3.63) is 29.8 Å². The summed E-state index contributed by atoms with van der Waals surface area (Å²) in [7, 11) is 1.67. The van der Waals surface area contributed by atoms with Gasteiger partial charge in [-0.2, -0.15) is 0 Å². The van der Waals surface area contributed by atoms with Crippen molar-refractivity contribution in [1.82, 2.24) is 10.2 Å². The van der Waals surface area contributed by atoms with Gasteiger partial charge in [0.15, 0.2) is 0 Å². The number of ether oxygens (including phenoxy) is 1. The molecule has 1 aliphatic carbocycles. The molecule has 1 aliphatic heterocycles. The van der Waals surface area contributed by atoms with E-state index in [4.69, 9.17) is 4.74 Å². The van der Waals surface area contributed by atoms with E-state index in [9.17, 15) is 4.79 Å². The highest BCUT2D eigenvalue weighted by Crippen LogP contribution is 2.28. The van der Waals surface area contributed by atoms with Crippen LogP contribution in [-0.2, 0) is 4.79 Å². The van der Waals surface area contributed by atoms with Gasteiger partial charge < -0.3 is 10.1 Å². The Labute approximate surface area is 139 Å². The largest absolute Gasteiger partial charge is 0.497 e. The van der Waals surface area contributed by atoms with E-state index in [1.165, 1.54) is 32.1 Å². The van der Waals surface area contributed by atoms with E-state index < -0.39 is 0 Å². The van der Waals surface area contributed by atoms with Crippen molar-refractivity contribution in [2.75, 3.05) is 20.2 Å². The predicted molar refractivity (Wildman–Crippen MR) is 91.6 cm³/mol. The quantitative estimate of drug-likeness (QED) is 0.906. The summed E-state index contributed by atoms with van der Waals surface area (Å²) in [6.45, 7) is 2.02. The highest BCUT2D eigenvalue weighted by molar-refractivity contribution is 5.83. The van der Waals surface area contributed by atoms with E-state index in [-0.39, 0.29) is 11.9 Å². The number of carbonyl (C=O) groups excluding carboxylic acids is 1. The van der Waals surface area contributed by atoms with Crippen LogP contribution in [-0.4, -0.2) is 37.0 Å². The number of methoxy groups -OCH3 is 1. The van der Waals surface area contributed by atoms with E-state index in [2.05, 4.69) is 10.2 Å². The molecule has 1 heterocycles. The van der Waals surface area contributed by atoms with Gasteiger partial charge in [0.2, 0.25) is 5.91 Å². The SMILES string of the molecule is COc1ccc(C(C(=O)NC2CCCCC2)N2CCCC2)cc1. The second kappa shape index (κ2) is 7.82. The fourth-order valence-electron chi connectivity index (χ4n) is 3.84. The molecule has 126 valence electrons. The zero-order chi connectivity index (χ0) is 16.1. The van der Waals surface area contributed by atoms with Crippen molar-refractivity contribution in [3.8, 4) is 5.75 Å². The Hall–Kier alpha value is -1.55. The number of carbonyl (C=O) groups is 1. The summed E-state index contributed by atoms with van der Waals surface area (Å²) in [6, 6.07) is 8.16. The normalized spacial score (nSPS) is 21.1. The van der Waals surface area contributed by atoms with Gasteiger partial charge in [-0.3, -0.25) is 9.69 Å². The molecule has 0 spiro atoms. The Morgan fingerprint density at radius 3 is 2.35 bits per heavy atom. The van der Waals surface area contributed by atoms with Crippen LogP contribution in [0.5, 0.6) is 5.75 Å². The molecule has 1 amide bonds. The van der Waals surface area contributed by atoms with Crippen LogP contribution < -0.4 is 10.1 Å². The van der Waals surface area contributed by atoms with Gasteiger partial charge in [-0.15, -0.1) is 0 Å². The maximum absolute atomic E-state index is 13.0. The number of hydrogen-bond acceptors (Lipinski definition) is 3. The minimum absolute atomic E-state index is 0.162. The van der Waals surface area contributed by atoms with E-state index in [1.54, 1.807) is 7.11 Å². The highest BCUT2D eigenvalue weighted by Gasteiger charge is 2.31. The van der Waals surface area contributed by atoms with Gasteiger partial charge in [0.1, 0.15) is 11.8 Å². The number of benzene rings is 1. The van der Waals surface area contributed by atoms with Crippen molar-refractivity contribution >= 4 is 5.91 Å². The molecule has 23 heavy (non-hydrogen) atoms. The minimum atomic E-state index is -0.162. The van der Waals surface area contributed by atoms with Gasteiger partial charge in [-0.25, -0.2) is 0 Å². The lowest BCUT2D eigenvalue weighted by atomic mass is 9.94. The van der Waals surface area contributed by atoms with Crippen LogP contribution in [0.4, 0.5) is 0 Å². The number of rotatable bonds is 5. The summed E-state index contributed by atoms with van der Waals surface area (Å²) in [5, 5.41) is 3.31. The fraction of sp³-hybridized carbons (Fsp3) is 0.632. The average molecular weight is 316 g/mol. The molecule has 0 bridgehead atoms. The third-order valence-corrected chi connectivity index (χ3v) is 5.14. The van der Waals surface area contributed by atoms with Gasteiger partial charge in [-0.05, 0) is 56.5 Å². The van der Waals surface area contributed by atoms with Crippen molar-refractivity contribution in [2.45, 2.75) is 57.0 Å². The van der Waals surface area contributed by atoms with Crippen LogP contribution in [0.25, 0.3) is 0 Å². The third kappa shape index (κ3) is 4.05. The Morgan fingerprint density at radius 2 is 1.74 bits per heavy atom. The number of hydrogen-bond donors (Lipinski definition) is 1. The summed E-state index contributed by atoms with van der Waals surface area (Å²) in [6.07, 6.45) is 8.40. The predicted octanol–water partition coefficient (Wildman–Crippen LogP) is 3.28. The lowest BCUT2D eigenvalue weighted by molar-refractivity contribution is -0.127. The van der Waals surface area contributed by atoms with Crippen LogP contribution in [0.1, 0.15) is 56.6 Å². The van der Waals surface area contributed by atoms with Crippen molar-refractivity contribution in [3.63, 3.8) is 0 Å². The first-order valence-corrected chi connectivity index (χ1v) is 8.96. The van der Waals surface area contributed by atoms with Crippen molar-refractivity contribution < 1.29 is 9.53 Å². The first-order chi connectivity index (χ1) is 11.3. The Morgan fingerprint density at radius 1 is 1.09 bits per heavy atom. The molecule has 2 aliphatic rings. The Balaban J connectivity index is 1.74. The lowest BCUT2D eigenvalue weighted by Gasteiger charge is -2.30. The topological polar surface area (TPSA) is 41.6 Å². The summed E-state index contributed by atoms with van der Waals surface area (Å²) >= 11 is 0. The third-order valence-electron chi connectivity index (χ3n) is 5.14. The molecule has 4 heteroatoms. The highest BCUT2D eigenvalue weighted by atomic mass is 16.5. The molecule has 1 aromatic carbocycles. The molecule has 1 N–H and O–H groups in total. The Kier molecular flexibility index (Phi) is 5.55. The zero-order valence-corrected chi connectivity index (χ0v) is 14.1. The number of likely N-dealkylation sites (tertiary alicyclic amines) is 1. The van der Waals surface area contributed by atoms with Gasteiger partial charge >= 0.3 is 0 Å². The molecule has 0 radical (unpaired) electrons. The van der Waals surface area contributed by atoms with E-state index in [1.807, 2.05) is 24.3 Å². The fourth-order valence-corrected chi connectivity index (χ4v) is 3.84. The molecule has 4 nitrogen and oxygen atoms in total. The number of amides is 1. The second-order valence-corrected chi connectivity index (χ2v) is 6.76. The van der Waals surface area contributed by atoms with Gasteiger partial charge in [0, 0.05) is 6.04 Å². The van der Waals surface area contributed by atoms with E-state index >= 15 is 0 Å². The van der Waals surface area contributed by atoms with Gasteiger partial charge in [0.05, 0.1) is 7.11 Å². The monoisotopic (exact) mass is 316 g/mol. The summed E-state index contributed by atoms with van der Waals surface area (Å²) < 4.78 is 5.24. The average Bonchev–Trinajstić information content (AvgIpc) is 3.11. The summed E-state index contributed by atoms with van der Waals surface area (Å²) in [4.78, 5) is 15.3. The summed E-state index contributed by atoms with van der Waals surface area (Å²) in [5.41, 5.74) is 1.07. The molecular weight excluding hydrogens is 288 g/mol. The second-order valence-electron chi connectivity index (χ2n) is 6.76. The number of nitrogens with one attached hydrogen (secondary N) is 1. The summed E-state index contributed by atoms with van der Waals surface area (Å²) in [5.74, 6) is 1.01. The van der Waals surface area contributed by atoms with Crippen molar-refractivity contribution in [2.24, 2.45) is 0 Å². The first kappa shape index (κ1) is 16.3. The number of nitrogens with zero attached hydrogens (tertiary/aromatic N) is 1.